The number of para-hydroxylation sites is 2. The second-order valence-electron chi connectivity index (χ2n) is 6.40. The summed E-state index contributed by atoms with van der Waals surface area (Å²) < 4.78 is 5.95. The molecule has 0 unspecified atom stereocenters. The predicted octanol–water partition coefficient (Wildman–Crippen LogP) is 3.01. The molecule has 1 aliphatic heterocycles. The van der Waals surface area contributed by atoms with Crippen LogP contribution in [-0.2, 0) is 16.0 Å². The molecule has 1 saturated heterocycles. The van der Waals surface area contributed by atoms with Gasteiger partial charge in [0.1, 0.15) is 11.5 Å². The molecule has 1 atom stereocenters. The van der Waals surface area contributed by atoms with E-state index in [9.17, 15) is 9.59 Å². The van der Waals surface area contributed by atoms with Crippen molar-refractivity contribution in [3.63, 3.8) is 0 Å². The van der Waals surface area contributed by atoms with E-state index in [0.717, 1.165) is 17.1 Å². The second-order valence-corrected chi connectivity index (χ2v) is 6.40. The second kappa shape index (κ2) is 8.52. The minimum Gasteiger partial charge on any atom is -0.457 e. The average Bonchev–Trinajstić information content (AvgIpc) is 3.05. The molecule has 0 radical (unpaired) electrons. The summed E-state index contributed by atoms with van der Waals surface area (Å²) in [5.74, 6) is 1.36. The maximum Gasteiger partial charge on any atom is 0.225 e. The van der Waals surface area contributed by atoms with Crippen LogP contribution in [0.1, 0.15) is 18.9 Å². The van der Waals surface area contributed by atoms with E-state index in [-0.39, 0.29) is 17.7 Å². The number of ether oxygens (including phenoxy) is 1. The van der Waals surface area contributed by atoms with Crippen LogP contribution in [-0.4, -0.2) is 36.3 Å². The van der Waals surface area contributed by atoms with Crippen molar-refractivity contribution in [3.8, 4) is 11.5 Å². The summed E-state index contributed by atoms with van der Waals surface area (Å²) in [5, 5.41) is 2.96. The van der Waals surface area contributed by atoms with Crippen LogP contribution in [0, 0.1) is 5.92 Å². The summed E-state index contributed by atoms with van der Waals surface area (Å²) in [6.07, 6.45) is 0.986. The van der Waals surface area contributed by atoms with Crippen molar-refractivity contribution >= 4 is 11.8 Å². The number of amides is 2. The van der Waals surface area contributed by atoms with Crippen LogP contribution >= 0.6 is 0 Å². The number of nitrogens with zero attached hydrogens (tertiary/aromatic N) is 1. The van der Waals surface area contributed by atoms with Crippen molar-refractivity contribution in [2.45, 2.75) is 19.8 Å². The Morgan fingerprint density at radius 3 is 2.62 bits per heavy atom. The van der Waals surface area contributed by atoms with Crippen LogP contribution in [0.4, 0.5) is 0 Å². The van der Waals surface area contributed by atoms with Gasteiger partial charge in [-0.15, -0.1) is 0 Å². The summed E-state index contributed by atoms with van der Waals surface area (Å²) in [5.41, 5.74) is 1.04. The lowest BCUT2D eigenvalue weighted by atomic mass is 10.1. The molecule has 1 fully saturated rings. The molecule has 1 aliphatic rings. The number of hydrogen-bond acceptors (Lipinski definition) is 3. The first-order valence-corrected chi connectivity index (χ1v) is 9.03. The summed E-state index contributed by atoms with van der Waals surface area (Å²) in [4.78, 5) is 25.8. The number of hydrogen-bond donors (Lipinski definition) is 1. The van der Waals surface area contributed by atoms with Gasteiger partial charge in [0, 0.05) is 26.1 Å². The van der Waals surface area contributed by atoms with Gasteiger partial charge in [-0.3, -0.25) is 9.59 Å². The van der Waals surface area contributed by atoms with Gasteiger partial charge in [-0.05, 0) is 37.1 Å². The van der Waals surface area contributed by atoms with Crippen molar-refractivity contribution in [1.82, 2.24) is 10.2 Å². The molecule has 1 heterocycles. The Morgan fingerprint density at radius 2 is 1.88 bits per heavy atom. The summed E-state index contributed by atoms with van der Waals surface area (Å²) in [6.45, 7) is 3.63. The Balaban J connectivity index is 1.54. The third kappa shape index (κ3) is 4.42. The molecule has 136 valence electrons. The van der Waals surface area contributed by atoms with Crippen LogP contribution in [0.25, 0.3) is 0 Å². The van der Waals surface area contributed by atoms with E-state index in [1.807, 2.05) is 61.5 Å². The standard InChI is InChI=1S/C21H24N2O3/c1-2-23-15-17(14-20(23)24)21(25)22-13-12-16-8-6-7-11-19(16)26-18-9-4-3-5-10-18/h3-11,17H,2,12-15H2,1H3,(H,22,25)/t17-/m1/s1. The highest BCUT2D eigenvalue weighted by atomic mass is 16.5. The fourth-order valence-electron chi connectivity index (χ4n) is 3.14. The molecule has 1 N–H and O–H groups in total. The molecular weight excluding hydrogens is 328 g/mol. The number of likely N-dealkylation sites (tertiary alicyclic amines) is 1. The lowest BCUT2D eigenvalue weighted by Gasteiger charge is -2.14. The van der Waals surface area contributed by atoms with Crippen molar-refractivity contribution in [1.29, 1.82) is 0 Å². The van der Waals surface area contributed by atoms with E-state index in [0.29, 0.717) is 32.5 Å². The Labute approximate surface area is 154 Å². The average molecular weight is 352 g/mol. The quantitative estimate of drug-likeness (QED) is 0.833. The van der Waals surface area contributed by atoms with Gasteiger partial charge in [0.15, 0.2) is 0 Å². The lowest BCUT2D eigenvalue weighted by Crippen LogP contribution is -2.34. The van der Waals surface area contributed by atoms with Gasteiger partial charge in [-0.2, -0.15) is 0 Å². The molecule has 0 aliphatic carbocycles. The zero-order valence-electron chi connectivity index (χ0n) is 15.0. The highest BCUT2D eigenvalue weighted by Crippen LogP contribution is 2.25. The first kappa shape index (κ1) is 18.0. The normalized spacial score (nSPS) is 16.6. The molecule has 2 amide bonds. The van der Waals surface area contributed by atoms with Crippen molar-refractivity contribution in [3.05, 3.63) is 60.2 Å². The molecule has 3 rings (SSSR count). The van der Waals surface area contributed by atoms with Gasteiger partial charge >= 0.3 is 0 Å². The van der Waals surface area contributed by atoms with Gasteiger partial charge in [-0.25, -0.2) is 0 Å². The zero-order chi connectivity index (χ0) is 18.4. The number of rotatable bonds is 7. The highest BCUT2D eigenvalue weighted by molar-refractivity contribution is 5.89. The fraction of sp³-hybridized carbons (Fsp3) is 0.333. The van der Waals surface area contributed by atoms with Crippen molar-refractivity contribution in [2.75, 3.05) is 19.6 Å². The molecule has 0 aromatic heterocycles. The Kier molecular flexibility index (Phi) is 5.89. The van der Waals surface area contributed by atoms with Crippen LogP contribution in [0.15, 0.2) is 54.6 Å². The first-order valence-electron chi connectivity index (χ1n) is 9.03. The Bertz CT molecular complexity index is 761. The minimum atomic E-state index is -0.238. The monoisotopic (exact) mass is 352 g/mol. The predicted molar refractivity (Wildman–Crippen MR) is 100 cm³/mol. The van der Waals surface area contributed by atoms with Gasteiger partial charge in [0.25, 0.3) is 0 Å². The first-order chi connectivity index (χ1) is 12.7. The fourth-order valence-corrected chi connectivity index (χ4v) is 3.14. The number of carbonyl (C=O) groups is 2. The van der Waals surface area contributed by atoms with Gasteiger partial charge in [0.05, 0.1) is 5.92 Å². The molecule has 2 aromatic carbocycles. The van der Waals surface area contributed by atoms with Crippen molar-refractivity contribution < 1.29 is 14.3 Å². The largest absolute Gasteiger partial charge is 0.457 e. The van der Waals surface area contributed by atoms with Gasteiger partial charge in [-0.1, -0.05) is 36.4 Å². The SMILES string of the molecule is CCN1C[C@H](C(=O)NCCc2ccccc2Oc2ccccc2)CC1=O. The number of benzene rings is 2. The molecule has 26 heavy (non-hydrogen) atoms. The van der Waals surface area contributed by atoms with Gasteiger partial charge < -0.3 is 15.0 Å². The van der Waals surface area contributed by atoms with Crippen LogP contribution in [0.2, 0.25) is 0 Å². The smallest absolute Gasteiger partial charge is 0.225 e. The summed E-state index contributed by atoms with van der Waals surface area (Å²) in [7, 11) is 0. The van der Waals surface area contributed by atoms with Crippen LogP contribution in [0.3, 0.4) is 0 Å². The van der Waals surface area contributed by atoms with E-state index in [1.54, 1.807) is 4.90 Å². The van der Waals surface area contributed by atoms with E-state index in [4.69, 9.17) is 4.74 Å². The molecule has 0 spiro atoms. The van der Waals surface area contributed by atoms with E-state index in [1.165, 1.54) is 0 Å². The highest BCUT2D eigenvalue weighted by Gasteiger charge is 2.33. The molecule has 5 nitrogen and oxygen atoms in total. The molecule has 0 saturated carbocycles. The minimum absolute atomic E-state index is 0.0456. The summed E-state index contributed by atoms with van der Waals surface area (Å²) >= 11 is 0. The maximum absolute atomic E-state index is 12.3. The van der Waals surface area contributed by atoms with Crippen molar-refractivity contribution in [2.24, 2.45) is 5.92 Å². The number of nitrogens with one attached hydrogen (secondary N) is 1. The molecular formula is C21H24N2O3. The van der Waals surface area contributed by atoms with E-state index < -0.39 is 0 Å². The maximum atomic E-state index is 12.3. The summed E-state index contributed by atoms with van der Waals surface area (Å²) in [6, 6.07) is 17.5. The molecule has 0 bridgehead atoms. The van der Waals surface area contributed by atoms with Gasteiger partial charge in [0.2, 0.25) is 11.8 Å². The van der Waals surface area contributed by atoms with E-state index >= 15 is 0 Å². The number of carbonyl (C=O) groups excluding carboxylic acids is 2. The molecule has 5 heteroatoms. The molecule has 2 aromatic rings. The lowest BCUT2D eigenvalue weighted by molar-refractivity contribution is -0.128. The third-order valence-corrected chi connectivity index (χ3v) is 4.60. The van der Waals surface area contributed by atoms with Crippen LogP contribution in [0.5, 0.6) is 11.5 Å². The topological polar surface area (TPSA) is 58.6 Å². The third-order valence-electron chi connectivity index (χ3n) is 4.60. The van der Waals surface area contributed by atoms with E-state index in [2.05, 4.69) is 5.32 Å². The Hall–Kier alpha value is -2.82. The Morgan fingerprint density at radius 1 is 1.15 bits per heavy atom. The van der Waals surface area contributed by atoms with Crippen LogP contribution < -0.4 is 10.1 Å². The zero-order valence-corrected chi connectivity index (χ0v) is 15.0.